The molecule has 2 heterocycles. The van der Waals surface area contributed by atoms with Gasteiger partial charge in [0.15, 0.2) is 0 Å². The zero-order valence-corrected chi connectivity index (χ0v) is 15.9. The lowest BCUT2D eigenvalue weighted by Crippen LogP contribution is -2.30. The Labute approximate surface area is 161 Å². The highest BCUT2D eigenvalue weighted by molar-refractivity contribution is 7.98. The molecule has 2 amide bonds. The Morgan fingerprint density at radius 2 is 2.11 bits per heavy atom. The van der Waals surface area contributed by atoms with Crippen LogP contribution in [0.25, 0.3) is 0 Å². The molecule has 6 nitrogen and oxygen atoms in total. The minimum atomic E-state index is -0.179. The summed E-state index contributed by atoms with van der Waals surface area (Å²) in [5.41, 5.74) is 1.53. The van der Waals surface area contributed by atoms with Crippen LogP contribution in [0.5, 0.6) is 0 Å². The van der Waals surface area contributed by atoms with E-state index in [-0.39, 0.29) is 6.03 Å². The van der Waals surface area contributed by atoms with Crippen LogP contribution in [-0.2, 0) is 12.3 Å². The second-order valence-corrected chi connectivity index (χ2v) is 7.72. The van der Waals surface area contributed by atoms with Crippen LogP contribution in [-0.4, -0.2) is 23.1 Å². The Kier molecular flexibility index (Phi) is 5.20. The Morgan fingerprint density at radius 1 is 1.30 bits per heavy atom. The van der Waals surface area contributed by atoms with Crippen molar-refractivity contribution in [3.63, 3.8) is 0 Å². The first-order chi connectivity index (χ1) is 13.2. The first-order valence-electron chi connectivity index (χ1n) is 8.90. The summed E-state index contributed by atoms with van der Waals surface area (Å²) in [7, 11) is 1.74. The van der Waals surface area contributed by atoms with Gasteiger partial charge in [-0.25, -0.2) is 4.79 Å². The SMILES string of the molecule is CN(Cc1cc(C2CC2)on1)C(=O)Nc1ccc(SCc2ccco2)cc1. The third-order valence-corrected chi connectivity index (χ3v) is 5.40. The van der Waals surface area contributed by atoms with Gasteiger partial charge in [0.1, 0.15) is 17.2 Å². The van der Waals surface area contributed by atoms with E-state index in [1.807, 2.05) is 42.5 Å². The van der Waals surface area contributed by atoms with E-state index >= 15 is 0 Å². The Morgan fingerprint density at radius 3 is 2.81 bits per heavy atom. The molecule has 0 atom stereocenters. The molecule has 27 heavy (non-hydrogen) atoms. The number of aromatic nitrogens is 1. The molecule has 0 saturated heterocycles. The number of carbonyl (C=O) groups excluding carboxylic acids is 1. The first-order valence-corrected chi connectivity index (χ1v) is 9.89. The van der Waals surface area contributed by atoms with Crippen molar-refractivity contribution in [2.45, 2.75) is 36.0 Å². The van der Waals surface area contributed by atoms with Crippen molar-refractivity contribution in [3.05, 3.63) is 65.9 Å². The molecule has 1 aliphatic rings. The fourth-order valence-corrected chi connectivity index (χ4v) is 3.48. The lowest BCUT2D eigenvalue weighted by Gasteiger charge is -2.16. The van der Waals surface area contributed by atoms with E-state index in [2.05, 4.69) is 10.5 Å². The van der Waals surface area contributed by atoms with Gasteiger partial charge in [-0.15, -0.1) is 11.8 Å². The fraction of sp³-hybridized carbons (Fsp3) is 0.300. The molecule has 1 aromatic carbocycles. The number of amides is 2. The molecule has 4 rings (SSSR count). The third kappa shape index (κ3) is 4.74. The van der Waals surface area contributed by atoms with Gasteiger partial charge < -0.3 is 19.2 Å². The standard InChI is InChI=1S/C20H21N3O3S/c1-23(12-16-11-19(26-22-16)14-4-5-14)20(24)21-15-6-8-18(9-7-15)27-13-17-3-2-10-25-17/h2-3,6-11,14H,4-5,12-13H2,1H3,(H,21,24). The van der Waals surface area contributed by atoms with Crippen molar-refractivity contribution in [2.75, 3.05) is 12.4 Å². The number of nitrogens with one attached hydrogen (secondary N) is 1. The summed E-state index contributed by atoms with van der Waals surface area (Å²) in [6, 6.07) is 13.4. The molecule has 140 valence electrons. The van der Waals surface area contributed by atoms with E-state index in [1.54, 1.807) is 30.0 Å². The molecule has 0 aliphatic heterocycles. The molecule has 1 aliphatic carbocycles. The lowest BCUT2D eigenvalue weighted by molar-refractivity contribution is 0.219. The number of urea groups is 1. The molecular weight excluding hydrogens is 362 g/mol. The van der Waals surface area contributed by atoms with Gasteiger partial charge in [0, 0.05) is 29.6 Å². The maximum absolute atomic E-state index is 12.4. The number of rotatable bonds is 7. The highest BCUT2D eigenvalue weighted by atomic mass is 32.2. The monoisotopic (exact) mass is 383 g/mol. The highest BCUT2D eigenvalue weighted by Gasteiger charge is 2.28. The Balaban J connectivity index is 1.27. The van der Waals surface area contributed by atoms with Crippen LogP contribution in [0, 0.1) is 0 Å². The zero-order chi connectivity index (χ0) is 18.6. The maximum atomic E-state index is 12.4. The predicted octanol–water partition coefficient (Wildman–Crippen LogP) is 5.10. The van der Waals surface area contributed by atoms with E-state index in [0.717, 1.165) is 33.6 Å². The normalized spacial score (nSPS) is 13.5. The van der Waals surface area contributed by atoms with E-state index in [0.29, 0.717) is 12.5 Å². The van der Waals surface area contributed by atoms with Crippen molar-refractivity contribution in [2.24, 2.45) is 0 Å². The van der Waals surface area contributed by atoms with Gasteiger partial charge in [-0.3, -0.25) is 0 Å². The predicted molar refractivity (Wildman–Crippen MR) is 104 cm³/mol. The van der Waals surface area contributed by atoms with Gasteiger partial charge in [0.2, 0.25) is 0 Å². The molecular formula is C20H21N3O3S. The summed E-state index contributed by atoms with van der Waals surface area (Å²) >= 11 is 1.69. The molecule has 3 aromatic rings. The first kappa shape index (κ1) is 17.7. The van der Waals surface area contributed by atoms with Gasteiger partial charge in [-0.05, 0) is 49.2 Å². The maximum Gasteiger partial charge on any atom is 0.321 e. The van der Waals surface area contributed by atoms with E-state index in [4.69, 9.17) is 8.94 Å². The molecule has 0 radical (unpaired) electrons. The van der Waals surface area contributed by atoms with E-state index in [1.165, 1.54) is 12.8 Å². The van der Waals surface area contributed by atoms with Crippen LogP contribution < -0.4 is 5.32 Å². The number of hydrogen-bond acceptors (Lipinski definition) is 5. The van der Waals surface area contributed by atoms with E-state index in [9.17, 15) is 4.79 Å². The Hall–Kier alpha value is -2.67. The van der Waals surface area contributed by atoms with Gasteiger partial charge in [-0.1, -0.05) is 5.16 Å². The number of furan rings is 1. The molecule has 2 aromatic heterocycles. The lowest BCUT2D eigenvalue weighted by atomic mass is 10.3. The van der Waals surface area contributed by atoms with Crippen LogP contribution in [0.15, 0.2) is 62.6 Å². The number of carbonyl (C=O) groups is 1. The second kappa shape index (κ2) is 7.92. The van der Waals surface area contributed by atoms with Crippen molar-refractivity contribution < 1.29 is 13.7 Å². The number of benzene rings is 1. The summed E-state index contributed by atoms with van der Waals surface area (Å²) in [5, 5.41) is 6.95. The molecule has 1 fully saturated rings. The summed E-state index contributed by atoms with van der Waals surface area (Å²) in [5.74, 6) is 3.18. The number of nitrogens with zero attached hydrogens (tertiary/aromatic N) is 2. The smallest absolute Gasteiger partial charge is 0.321 e. The molecule has 0 bridgehead atoms. The average Bonchev–Trinajstić information content (AvgIpc) is 3.19. The topological polar surface area (TPSA) is 71.5 Å². The molecule has 0 spiro atoms. The van der Waals surface area contributed by atoms with Crippen LogP contribution in [0.3, 0.4) is 0 Å². The highest BCUT2D eigenvalue weighted by Crippen LogP contribution is 2.40. The molecule has 0 unspecified atom stereocenters. The van der Waals surface area contributed by atoms with Gasteiger partial charge in [-0.2, -0.15) is 0 Å². The van der Waals surface area contributed by atoms with Gasteiger partial charge >= 0.3 is 6.03 Å². The number of hydrogen-bond donors (Lipinski definition) is 1. The summed E-state index contributed by atoms with van der Waals surface area (Å²) in [6.45, 7) is 0.416. The summed E-state index contributed by atoms with van der Waals surface area (Å²) in [6.07, 6.45) is 4.01. The van der Waals surface area contributed by atoms with Gasteiger partial charge in [0.25, 0.3) is 0 Å². The summed E-state index contributed by atoms with van der Waals surface area (Å²) in [4.78, 5) is 15.1. The fourth-order valence-electron chi connectivity index (χ4n) is 2.68. The van der Waals surface area contributed by atoms with Crippen molar-refractivity contribution in [1.29, 1.82) is 0 Å². The minimum absolute atomic E-state index is 0.179. The number of thioether (sulfide) groups is 1. The molecule has 1 N–H and O–H groups in total. The third-order valence-electron chi connectivity index (χ3n) is 4.37. The second-order valence-electron chi connectivity index (χ2n) is 6.67. The van der Waals surface area contributed by atoms with Crippen molar-refractivity contribution >= 4 is 23.5 Å². The zero-order valence-electron chi connectivity index (χ0n) is 15.1. The van der Waals surface area contributed by atoms with Gasteiger partial charge in [0.05, 0.1) is 18.6 Å². The van der Waals surface area contributed by atoms with Crippen LogP contribution in [0.2, 0.25) is 0 Å². The quantitative estimate of drug-likeness (QED) is 0.575. The van der Waals surface area contributed by atoms with E-state index < -0.39 is 0 Å². The largest absolute Gasteiger partial charge is 0.468 e. The minimum Gasteiger partial charge on any atom is -0.468 e. The van der Waals surface area contributed by atoms with Crippen molar-refractivity contribution in [1.82, 2.24) is 10.1 Å². The molecule has 7 heteroatoms. The van der Waals surface area contributed by atoms with Crippen LogP contribution >= 0.6 is 11.8 Å². The van der Waals surface area contributed by atoms with Crippen LogP contribution in [0.4, 0.5) is 10.5 Å². The van der Waals surface area contributed by atoms with Crippen LogP contribution in [0.1, 0.15) is 36.0 Å². The van der Waals surface area contributed by atoms with Crippen molar-refractivity contribution in [3.8, 4) is 0 Å². The molecule has 1 saturated carbocycles. The average molecular weight is 383 g/mol. The number of anilines is 1. The Bertz CT molecular complexity index is 886. The summed E-state index contributed by atoms with van der Waals surface area (Å²) < 4.78 is 10.7.